The summed E-state index contributed by atoms with van der Waals surface area (Å²) in [5, 5.41) is 0. The fourth-order valence-electron chi connectivity index (χ4n) is 3.07. The molecule has 2 heteroatoms. The molecule has 1 heterocycles. The van der Waals surface area contributed by atoms with Gasteiger partial charge in [-0.25, -0.2) is 0 Å². The minimum atomic E-state index is 0.237. The number of rotatable bonds is 3. The molecule has 2 fully saturated rings. The SMILES string of the molecule is NC(C1CCCCO1)C1CC1c1ccccc1. The lowest BCUT2D eigenvalue weighted by Gasteiger charge is -2.28. The van der Waals surface area contributed by atoms with E-state index in [9.17, 15) is 0 Å². The summed E-state index contributed by atoms with van der Waals surface area (Å²) in [6, 6.07) is 11.0. The average molecular weight is 231 g/mol. The Balaban J connectivity index is 1.60. The van der Waals surface area contributed by atoms with Gasteiger partial charge in [-0.1, -0.05) is 30.3 Å². The fraction of sp³-hybridized carbons (Fsp3) is 0.600. The molecule has 0 radical (unpaired) electrons. The molecule has 0 spiro atoms. The zero-order valence-electron chi connectivity index (χ0n) is 10.2. The highest BCUT2D eigenvalue weighted by molar-refractivity contribution is 5.26. The lowest BCUT2D eigenvalue weighted by Crippen LogP contribution is -2.40. The highest BCUT2D eigenvalue weighted by Gasteiger charge is 2.45. The van der Waals surface area contributed by atoms with Crippen LogP contribution in [0.4, 0.5) is 0 Å². The van der Waals surface area contributed by atoms with Gasteiger partial charge in [0.05, 0.1) is 6.10 Å². The molecule has 2 N–H and O–H groups in total. The van der Waals surface area contributed by atoms with Crippen molar-refractivity contribution in [3.05, 3.63) is 35.9 Å². The van der Waals surface area contributed by atoms with Gasteiger partial charge in [0.2, 0.25) is 0 Å². The standard InChI is InChI=1S/C15H21NO/c16-15(14-8-4-5-9-17-14)13-10-12(13)11-6-2-1-3-7-11/h1-3,6-7,12-15H,4-5,8-10,16H2. The number of nitrogens with two attached hydrogens (primary N) is 1. The Morgan fingerprint density at radius 2 is 2.00 bits per heavy atom. The Morgan fingerprint density at radius 1 is 1.18 bits per heavy atom. The summed E-state index contributed by atoms with van der Waals surface area (Å²) >= 11 is 0. The first-order valence-electron chi connectivity index (χ1n) is 6.78. The largest absolute Gasteiger partial charge is 0.377 e. The molecule has 4 unspecified atom stereocenters. The maximum atomic E-state index is 6.36. The number of hydrogen-bond acceptors (Lipinski definition) is 2. The maximum absolute atomic E-state index is 6.36. The van der Waals surface area contributed by atoms with E-state index in [1.54, 1.807) is 0 Å². The Labute approximate surface area is 103 Å². The number of ether oxygens (including phenoxy) is 1. The zero-order chi connectivity index (χ0) is 11.7. The second kappa shape index (κ2) is 4.79. The molecule has 1 aromatic rings. The monoisotopic (exact) mass is 231 g/mol. The summed E-state index contributed by atoms with van der Waals surface area (Å²) in [7, 11) is 0. The van der Waals surface area contributed by atoms with E-state index in [4.69, 9.17) is 10.5 Å². The third-order valence-corrected chi connectivity index (χ3v) is 4.21. The summed E-state index contributed by atoms with van der Waals surface area (Å²) < 4.78 is 5.80. The molecular weight excluding hydrogens is 210 g/mol. The molecule has 17 heavy (non-hydrogen) atoms. The van der Waals surface area contributed by atoms with Crippen LogP contribution in [-0.2, 0) is 4.74 Å². The predicted molar refractivity (Wildman–Crippen MR) is 68.9 cm³/mol. The number of hydrogen-bond donors (Lipinski definition) is 1. The van der Waals surface area contributed by atoms with Gasteiger partial charge in [-0.3, -0.25) is 0 Å². The average Bonchev–Trinajstić information content (AvgIpc) is 3.20. The zero-order valence-corrected chi connectivity index (χ0v) is 10.2. The van der Waals surface area contributed by atoms with Crippen LogP contribution in [0.3, 0.4) is 0 Å². The molecular formula is C15H21NO. The highest BCUT2D eigenvalue weighted by Crippen LogP contribution is 2.50. The first-order chi connectivity index (χ1) is 8.36. The van der Waals surface area contributed by atoms with Crippen molar-refractivity contribution in [2.75, 3.05) is 6.61 Å². The predicted octanol–water partition coefficient (Wildman–Crippen LogP) is 2.69. The molecule has 1 saturated heterocycles. The normalized spacial score (nSPS) is 34.3. The van der Waals surface area contributed by atoms with Gasteiger partial charge in [0.15, 0.2) is 0 Å². The van der Waals surface area contributed by atoms with Crippen molar-refractivity contribution in [1.29, 1.82) is 0 Å². The van der Waals surface area contributed by atoms with Crippen molar-refractivity contribution in [2.24, 2.45) is 11.7 Å². The van der Waals surface area contributed by atoms with Crippen molar-refractivity contribution in [2.45, 2.75) is 43.7 Å². The molecule has 0 amide bonds. The summed E-state index contributed by atoms with van der Waals surface area (Å²) in [6.07, 6.45) is 5.18. The second-order valence-electron chi connectivity index (χ2n) is 5.40. The molecule has 0 bridgehead atoms. The van der Waals surface area contributed by atoms with Crippen LogP contribution in [0.25, 0.3) is 0 Å². The van der Waals surface area contributed by atoms with Crippen molar-refractivity contribution in [3.8, 4) is 0 Å². The van der Waals surface area contributed by atoms with E-state index in [-0.39, 0.29) is 6.04 Å². The third-order valence-electron chi connectivity index (χ3n) is 4.21. The summed E-state index contributed by atoms with van der Waals surface area (Å²) in [5.74, 6) is 1.32. The van der Waals surface area contributed by atoms with Crippen LogP contribution in [0.2, 0.25) is 0 Å². The van der Waals surface area contributed by atoms with Crippen LogP contribution in [0.1, 0.15) is 37.2 Å². The van der Waals surface area contributed by atoms with Gasteiger partial charge in [0.1, 0.15) is 0 Å². The molecule has 1 saturated carbocycles. The van der Waals surface area contributed by atoms with Gasteiger partial charge in [0.25, 0.3) is 0 Å². The van der Waals surface area contributed by atoms with E-state index in [0.717, 1.165) is 13.0 Å². The van der Waals surface area contributed by atoms with E-state index in [2.05, 4.69) is 30.3 Å². The molecule has 0 aromatic heterocycles. The first-order valence-corrected chi connectivity index (χ1v) is 6.78. The smallest absolute Gasteiger partial charge is 0.0728 e. The van der Waals surface area contributed by atoms with E-state index in [1.807, 2.05) is 0 Å². The van der Waals surface area contributed by atoms with Crippen LogP contribution in [0.15, 0.2) is 30.3 Å². The molecule has 1 aliphatic heterocycles. The van der Waals surface area contributed by atoms with Crippen molar-refractivity contribution < 1.29 is 4.74 Å². The van der Waals surface area contributed by atoms with Gasteiger partial charge >= 0.3 is 0 Å². The van der Waals surface area contributed by atoms with E-state index < -0.39 is 0 Å². The van der Waals surface area contributed by atoms with Crippen LogP contribution in [0, 0.1) is 5.92 Å². The van der Waals surface area contributed by atoms with Gasteiger partial charge in [0, 0.05) is 12.6 Å². The highest BCUT2D eigenvalue weighted by atomic mass is 16.5. The maximum Gasteiger partial charge on any atom is 0.0728 e. The molecule has 2 nitrogen and oxygen atoms in total. The third kappa shape index (κ3) is 2.38. The minimum absolute atomic E-state index is 0.237. The van der Waals surface area contributed by atoms with Crippen molar-refractivity contribution in [3.63, 3.8) is 0 Å². The minimum Gasteiger partial charge on any atom is -0.377 e. The Morgan fingerprint density at radius 3 is 2.71 bits per heavy atom. The quantitative estimate of drug-likeness (QED) is 0.868. The summed E-state index contributed by atoms with van der Waals surface area (Å²) in [4.78, 5) is 0. The van der Waals surface area contributed by atoms with E-state index in [0.29, 0.717) is 17.9 Å². The van der Waals surface area contributed by atoms with E-state index in [1.165, 1.54) is 24.8 Å². The van der Waals surface area contributed by atoms with Crippen molar-refractivity contribution in [1.82, 2.24) is 0 Å². The number of benzene rings is 1. The van der Waals surface area contributed by atoms with Crippen LogP contribution in [-0.4, -0.2) is 18.8 Å². The Bertz CT molecular complexity index is 358. The molecule has 2 aliphatic rings. The molecule has 1 aromatic carbocycles. The second-order valence-corrected chi connectivity index (χ2v) is 5.40. The van der Waals surface area contributed by atoms with Crippen LogP contribution < -0.4 is 5.73 Å². The van der Waals surface area contributed by atoms with Crippen LogP contribution in [0.5, 0.6) is 0 Å². The topological polar surface area (TPSA) is 35.2 Å². The molecule has 3 rings (SSSR count). The van der Waals surface area contributed by atoms with Crippen LogP contribution >= 0.6 is 0 Å². The molecule has 92 valence electrons. The van der Waals surface area contributed by atoms with Gasteiger partial charge in [-0.15, -0.1) is 0 Å². The Hall–Kier alpha value is -0.860. The summed E-state index contributed by atoms with van der Waals surface area (Å²) in [6.45, 7) is 0.904. The summed E-state index contributed by atoms with van der Waals surface area (Å²) in [5.41, 5.74) is 7.80. The van der Waals surface area contributed by atoms with Gasteiger partial charge in [-0.2, -0.15) is 0 Å². The first kappa shape index (κ1) is 11.2. The lowest BCUT2D eigenvalue weighted by atomic mass is 9.97. The lowest BCUT2D eigenvalue weighted by molar-refractivity contribution is -0.00409. The molecule has 1 aliphatic carbocycles. The van der Waals surface area contributed by atoms with Crippen molar-refractivity contribution >= 4 is 0 Å². The molecule has 4 atom stereocenters. The fourth-order valence-corrected chi connectivity index (χ4v) is 3.07. The Kier molecular flexibility index (Phi) is 3.17. The van der Waals surface area contributed by atoms with Gasteiger partial charge in [-0.05, 0) is 43.1 Å². The van der Waals surface area contributed by atoms with Gasteiger partial charge < -0.3 is 10.5 Å². The van der Waals surface area contributed by atoms with E-state index >= 15 is 0 Å².